The van der Waals surface area contributed by atoms with Gasteiger partial charge in [0.05, 0.1) is 13.2 Å². The summed E-state index contributed by atoms with van der Waals surface area (Å²) in [6.45, 7) is 18.3. The van der Waals surface area contributed by atoms with Crippen molar-refractivity contribution in [1.82, 2.24) is 9.80 Å². The lowest BCUT2D eigenvalue weighted by molar-refractivity contribution is -0.0347. The van der Waals surface area contributed by atoms with E-state index in [1.165, 1.54) is 73.0 Å². The normalized spacial score (nSPS) is 25.1. The van der Waals surface area contributed by atoms with E-state index in [1.54, 1.807) is 5.56 Å². The maximum Gasteiger partial charge on any atom is 0.410 e. The van der Waals surface area contributed by atoms with Crippen LogP contribution in [0.3, 0.4) is 0 Å². The largest absolute Gasteiger partial charge is 0.444 e. The van der Waals surface area contributed by atoms with Crippen LogP contribution in [0.5, 0.6) is 0 Å². The van der Waals surface area contributed by atoms with Gasteiger partial charge in [0, 0.05) is 24.5 Å². The number of carbonyl (C=O) groups is 1. The average Bonchev–Trinajstić information content (AvgIpc) is 3.46. The molecule has 5 nitrogen and oxygen atoms in total. The quantitative estimate of drug-likeness (QED) is 0.533. The van der Waals surface area contributed by atoms with Crippen molar-refractivity contribution < 1.29 is 14.3 Å². The molecule has 5 heteroatoms. The predicted molar refractivity (Wildman–Crippen MR) is 141 cm³/mol. The lowest BCUT2D eigenvalue weighted by Crippen LogP contribution is -2.58. The second kappa shape index (κ2) is 9.23. The van der Waals surface area contributed by atoms with Gasteiger partial charge < -0.3 is 19.3 Å². The lowest BCUT2D eigenvalue weighted by Gasteiger charge is -2.48. The number of carbonyl (C=O) groups excluding carboxylic acids is 1. The molecule has 3 fully saturated rings. The molecule has 1 saturated carbocycles. The van der Waals surface area contributed by atoms with E-state index in [0.29, 0.717) is 17.4 Å². The minimum atomic E-state index is -0.419. The molecule has 4 aliphatic rings. The van der Waals surface area contributed by atoms with Crippen molar-refractivity contribution in [2.75, 3.05) is 39.4 Å². The minimum absolute atomic E-state index is 0.144. The van der Waals surface area contributed by atoms with Gasteiger partial charge in [0.15, 0.2) is 0 Å². The van der Waals surface area contributed by atoms with Gasteiger partial charge >= 0.3 is 6.09 Å². The zero-order valence-corrected chi connectivity index (χ0v) is 22.7. The standard InChI is InChI=1S/C30H44N2O3/c1-20-15-26(27(22(3)21(20)2)24-10-14-34-17-24)23-8-12-31(13-9-23)25-7-11-30(16-25)18-32(19-30)28(33)35-29(4,5)6/h10,15,23,25H,7-9,11-14,16-19H2,1-6H3/t25-/m1/s1. The Hall–Kier alpha value is -1.85. The molecule has 0 bridgehead atoms. The maximum atomic E-state index is 12.4. The van der Waals surface area contributed by atoms with Crippen molar-refractivity contribution in [3.8, 4) is 0 Å². The number of benzene rings is 1. The molecule has 0 N–H and O–H groups in total. The highest BCUT2D eigenvalue weighted by Gasteiger charge is 2.51. The smallest absolute Gasteiger partial charge is 0.410 e. The Bertz CT molecular complexity index is 1010. The van der Waals surface area contributed by atoms with E-state index < -0.39 is 5.60 Å². The van der Waals surface area contributed by atoms with Crippen LogP contribution in [0, 0.1) is 26.2 Å². The highest BCUT2D eigenvalue weighted by atomic mass is 16.6. The Kier molecular flexibility index (Phi) is 6.54. The average molecular weight is 481 g/mol. The second-order valence-corrected chi connectivity index (χ2v) is 12.7. The number of rotatable bonds is 3. The van der Waals surface area contributed by atoms with Crippen LogP contribution in [0.1, 0.15) is 86.6 Å². The molecule has 35 heavy (non-hydrogen) atoms. The van der Waals surface area contributed by atoms with Crippen LogP contribution in [0.25, 0.3) is 5.57 Å². The van der Waals surface area contributed by atoms with E-state index in [4.69, 9.17) is 9.47 Å². The first-order chi connectivity index (χ1) is 16.6. The summed E-state index contributed by atoms with van der Waals surface area (Å²) in [5.74, 6) is 0.627. The summed E-state index contributed by atoms with van der Waals surface area (Å²) in [7, 11) is 0. The van der Waals surface area contributed by atoms with E-state index in [-0.39, 0.29) is 6.09 Å². The Morgan fingerprint density at radius 1 is 1.09 bits per heavy atom. The molecule has 3 heterocycles. The molecule has 3 aliphatic heterocycles. The minimum Gasteiger partial charge on any atom is -0.444 e. The van der Waals surface area contributed by atoms with Crippen LogP contribution >= 0.6 is 0 Å². The third-order valence-corrected chi connectivity index (χ3v) is 9.08. The van der Waals surface area contributed by atoms with E-state index in [9.17, 15) is 4.79 Å². The van der Waals surface area contributed by atoms with E-state index in [0.717, 1.165) is 26.3 Å². The zero-order valence-electron chi connectivity index (χ0n) is 22.7. The van der Waals surface area contributed by atoms with Crippen molar-refractivity contribution in [2.24, 2.45) is 5.41 Å². The van der Waals surface area contributed by atoms with Gasteiger partial charge in [0.25, 0.3) is 0 Å². The summed E-state index contributed by atoms with van der Waals surface area (Å²) < 4.78 is 11.3. The molecule has 192 valence electrons. The molecule has 0 aromatic heterocycles. The number of aryl methyl sites for hydroxylation is 1. The van der Waals surface area contributed by atoms with Gasteiger partial charge in [0.1, 0.15) is 5.60 Å². The van der Waals surface area contributed by atoms with Gasteiger partial charge in [-0.1, -0.05) is 12.1 Å². The summed E-state index contributed by atoms with van der Waals surface area (Å²) in [6.07, 6.45) is 8.35. The number of likely N-dealkylation sites (tertiary alicyclic amines) is 2. The summed E-state index contributed by atoms with van der Waals surface area (Å²) in [6, 6.07) is 3.14. The van der Waals surface area contributed by atoms with Gasteiger partial charge in [0.2, 0.25) is 0 Å². The van der Waals surface area contributed by atoms with Crippen LogP contribution < -0.4 is 0 Å². The number of nitrogens with zero attached hydrogens (tertiary/aromatic N) is 2. The van der Waals surface area contributed by atoms with Gasteiger partial charge in [-0.2, -0.15) is 0 Å². The third-order valence-electron chi connectivity index (χ3n) is 9.08. The summed E-state index contributed by atoms with van der Waals surface area (Å²) >= 11 is 0. The molecular formula is C30H44N2O3. The van der Waals surface area contributed by atoms with Crippen molar-refractivity contribution in [2.45, 2.75) is 91.2 Å². The molecule has 1 aliphatic carbocycles. The van der Waals surface area contributed by atoms with Crippen molar-refractivity contribution in [3.05, 3.63) is 40.0 Å². The van der Waals surface area contributed by atoms with Crippen LogP contribution in [-0.2, 0) is 9.47 Å². The molecule has 0 radical (unpaired) electrons. The van der Waals surface area contributed by atoms with Crippen LogP contribution in [-0.4, -0.2) is 66.9 Å². The van der Waals surface area contributed by atoms with E-state index in [2.05, 4.69) is 37.8 Å². The Labute approximate surface area is 211 Å². The van der Waals surface area contributed by atoms with Crippen molar-refractivity contribution >= 4 is 11.7 Å². The zero-order chi connectivity index (χ0) is 25.0. The molecular weight excluding hydrogens is 436 g/mol. The lowest BCUT2D eigenvalue weighted by atomic mass is 9.78. The number of hydrogen-bond acceptors (Lipinski definition) is 4. The molecule has 2 saturated heterocycles. The van der Waals surface area contributed by atoms with Crippen molar-refractivity contribution in [1.29, 1.82) is 0 Å². The monoisotopic (exact) mass is 480 g/mol. The van der Waals surface area contributed by atoms with Crippen LogP contribution in [0.2, 0.25) is 0 Å². The highest BCUT2D eigenvalue weighted by Crippen LogP contribution is 2.48. The molecule has 1 aromatic carbocycles. The summed E-state index contributed by atoms with van der Waals surface area (Å²) in [5.41, 5.74) is 8.60. The van der Waals surface area contributed by atoms with Gasteiger partial charge in [-0.15, -0.1) is 0 Å². The molecule has 1 spiro atoms. The molecule has 1 amide bonds. The number of piperidine rings is 1. The molecule has 5 rings (SSSR count). The van der Waals surface area contributed by atoms with Gasteiger partial charge in [-0.3, -0.25) is 0 Å². The number of ether oxygens (including phenoxy) is 2. The Balaban J connectivity index is 1.20. The maximum absolute atomic E-state index is 12.4. The van der Waals surface area contributed by atoms with E-state index in [1.807, 2.05) is 25.7 Å². The first-order valence-corrected chi connectivity index (χ1v) is 13.7. The first-order valence-electron chi connectivity index (χ1n) is 13.7. The first kappa shape index (κ1) is 24.8. The fourth-order valence-corrected chi connectivity index (χ4v) is 6.99. The molecule has 1 aromatic rings. The SMILES string of the molecule is Cc1cc(C2CCN([C@@H]3CCC4(C3)CN(C(=O)OC(C)(C)C)C4)CC2)c(C2=CCOC2)c(C)c1C. The summed E-state index contributed by atoms with van der Waals surface area (Å²) in [5, 5.41) is 0. The Morgan fingerprint density at radius 2 is 1.80 bits per heavy atom. The fraction of sp³-hybridized carbons (Fsp3) is 0.700. The third kappa shape index (κ3) is 4.91. The van der Waals surface area contributed by atoms with Crippen LogP contribution in [0.4, 0.5) is 4.79 Å². The molecule has 1 atom stereocenters. The van der Waals surface area contributed by atoms with Gasteiger partial charge in [-0.05, 0) is 126 Å². The van der Waals surface area contributed by atoms with Gasteiger partial charge in [-0.25, -0.2) is 4.79 Å². The van der Waals surface area contributed by atoms with Crippen molar-refractivity contribution in [3.63, 3.8) is 0 Å². The molecule has 0 unspecified atom stereocenters. The summed E-state index contributed by atoms with van der Waals surface area (Å²) in [4.78, 5) is 17.1. The number of hydrogen-bond donors (Lipinski definition) is 0. The highest BCUT2D eigenvalue weighted by molar-refractivity contribution is 5.75. The topological polar surface area (TPSA) is 42.0 Å². The van der Waals surface area contributed by atoms with E-state index >= 15 is 0 Å². The Morgan fingerprint density at radius 3 is 2.43 bits per heavy atom. The second-order valence-electron chi connectivity index (χ2n) is 12.7. The van der Waals surface area contributed by atoms with Crippen LogP contribution in [0.15, 0.2) is 12.1 Å². The fourth-order valence-electron chi connectivity index (χ4n) is 6.99. The number of amides is 1. The predicted octanol–water partition coefficient (Wildman–Crippen LogP) is 5.99.